The summed E-state index contributed by atoms with van der Waals surface area (Å²) < 4.78 is 9.88. The molecule has 1 aromatic rings. The Hall–Kier alpha value is -1.58. The number of hydrogen-bond acceptors (Lipinski definition) is 4. The fraction of sp³-hybridized carbons (Fsp3) is 0.333. The van der Waals surface area contributed by atoms with Crippen LogP contribution in [0.5, 0.6) is 5.88 Å². The molecule has 0 aliphatic rings. The Morgan fingerprint density at radius 3 is 2.77 bits per heavy atom. The van der Waals surface area contributed by atoms with E-state index in [1.807, 2.05) is 6.92 Å². The Bertz CT molecular complexity index is 269. The average Bonchev–Trinajstić information content (AvgIpc) is 2.19. The number of aromatic nitrogens is 2. The Morgan fingerprint density at radius 1 is 1.38 bits per heavy atom. The van der Waals surface area contributed by atoms with E-state index in [4.69, 9.17) is 9.47 Å². The molecule has 0 saturated heterocycles. The average molecular weight is 180 g/mol. The van der Waals surface area contributed by atoms with Crippen molar-refractivity contribution >= 4 is 6.08 Å². The summed E-state index contributed by atoms with van der Waals surface area (Å²) in [6.07, 6.45) is 6.52. The second-order valence-electron chi connectivity index (χ2n) is 2.24. The van der Waals surface area contributed by atoms with Crippen molar-refractivity contribution in [1.29, 1.82) is 0 Å². The highest BCUT2D eigenvalue weighted by atomic mass is 16.5. The molecule has 0 aromatic carbocycles. The Labute approximate surface area is 77.2 Å². The van der Waals surface area contributed by atoms with Crippen molar-refractivity contribution in [2.45, 2.75) is 6.92 Å². The normalized spacial score (nSPS) is 10.3. The fourth-order valence-corrected chi connectivity index (χ4v) is 0.732. The van der Waals surface area contributed by atoms with Gasteiger partial charge >= 0.3 is 0 Å². The summed E-state index contributed by atoms with van der Waals surface area (Å²) in [4.78, 5) is 8.05. The molecule has 0 saturated carbocycles. The van der Waals surface area contributed by atoms with Crippen LogP contribution in [-0.4, -0.2) is 23.7 Å². The van der Waals surface area contributed by atoms with Crippen molar-refractivity contribution in [1.82, 2.24) is 9.97 Å². The number of methoxy groups -OCH3 is 1. The van der Waals surface area contributed by atoms with E-state index in [1.54, 1.807) is 31.8 Å². The van der Waals surface area contributed by atoms with E-state index >= 15 is 0 Å². The van der Waals surface area contributed by atoms with Crippen LogP contribution in [0.3, 0.4) is 0 Å². The highest BCUT2D eigenvalue weighted by Crippen LogP contribution is 2.03. The van der Waals surface area contributed by atoms with Crippen molar-refractivity contribution in [2.75, 3.05) is 13.7 Å². The zero-order chi connectivity index (χ0) is 9.52. The maximum atomic E-state index is 5.01. The summed E-state index contributed by atoms with van der Waals surface area (Å²) in [6, 6.07) is 0. The van der Waals surface area contributed by atoms with Crippen LogP contribution in [0.15, 0.2) is 18.7 Å². The third-order valence-electron chi connectivity index (χ3n) is 1.36. The van der Waals surface area contributed by atoms with Crippen LogP contribution in [0.2, 0.25) is 0 Å². The van der Waals surface area contributed by atoms with Gasteiger partial charge in [-0.25, -0.2) is 9.97 Å². The van der Waals surface area contributed by atoms with Gasteiger partial charge in [-0.3, -0.25) is 0 Å². The third kappa shape index (κ3) is 3.11. The Balaban J connectivity index is 2.58. The number of hydrogen-bond donors (Lipinski definition) is 0. The van der Waals surface area contributed by atoms with Gasteiger partial charge < -0.3 is 9.47 Å². The molecule has 0 fully saturated rings. The van der Waals surface area contributed by atoms with Gasteiger partial charge in [0.2, 0.25) is 5.88 Å². The topological polar surface area (TPSA) is 44.2 Å². The smallest absolute Gasteiger partial charge is 0.232 e. The fourth-order valence-electron chi connectivity index (χ4n) is 0.732. The van der Waals surface area contributed by atoms with Crippen molar-refractivity contribution in [3.63, 3.8) is 0 Å². The van der Waals surface area contributed by atoms with Gasteiger partial charge in [0.05, 0.1) is 38.1 Å². The minimum atomic E-state index is 0.508. The molecule has 1 rings (SSSR count). The quantitative estimate of drug-likeness (QED) is 0.658. The summed E-state index contributed by atoms with van der Waals surface area (Å²) in [7, 11) is 1.56. The lowest BCUT2D eigenvalue weighted by atomic mass is 10.4. The molecule has 0 aliphatic carbocycles. The lowest BCUT2D eigenvalue weighted by Crippen LogP contribution is -1.89. The minimum absolute atomic E-state index is 0.508. The zero-order valence-corrected chi connectivity index (χ0v) is 7.73. The highest BCUT2D eigenvalue weighted by Gasteiger charge is 1.92. The second kappa shape index (κ2) is 5.13. The maximum absolute atomic E-state index is 5.01. The van der Waals surface area contributed by atoms with E-state index in [9.17, 15) is 0 Å². The van der Waals surface area contributed by atoms with Crippen molar-refractivity contribution < 1.29 is 9.47 Å². The van der Waals surface area contributed by atoms with Crippen molar-refractivity contribution in [3.8, 4) is 5.88 Å². The van der Waals surface area contributed by atoms with Crippen LogP contribution in [0.4, 0.5) is 0 Å². The number of nitrogens with zero attached hydrogens (tertiary/aromatic N) is 2. The molecule has 1 aromatic heterocycles. The summed E-state index contributed by atoms with van der Waals surface area (Å²) in [5, 5.41) is 0. The lowest BCUT2D eigenvalue weighted by molar-refractivity contribution is 0.272. The van der Waals surface area contributed by atoms with Gasteiger partial charge in [-0.05, 0) is 13.0 Å². The summed E-state index contributed by atoms with van der Waals surface area (Å²) >= 11 is 0. The minimum Gasteiger partial charge on any atom is -0.501 e. The largest absolute Gasteiger partial charge is 0.501 e. The predicted molar refractivity (Wildman–Crippen MR) is 49.2 cm³/mol. The Kier molecular flexibility index (Phi) is 3.75. The molecule has 4 nitrogen and oxygen atoms in total. The summed E-state index contributed by atoms with van der Waals surface area (Å²) in [5.74, 6) is 0.508. The molecule has 13 heavy (non-hydrogen) atoms. The summed E-state index contributed by atoms with van der Waals surface area (Å²) in [6.45, 7) is 2.57. The molecular formula is C9H12N2O2. The van der Waals surface area contributed by atoms with Crippen LogP contribution in [0.25, 0.3) is 6.08 Å². The van der Waals surface area contributed by atoms with Crippen molar-refractivity contribution in [3.05, 3.63) is 24.3 Å². The van der Waals surface area contributed by atoms with Gasteiger partial charge in [0.25, 0.3) is 0 Å². The van der Waals surface area contributed by atoms with E-state index in [-0.39, 0.29) is 0 Å². The van der Waals surface area contributed by atoms with Crippen LogP contribution < -0.4 is 4.74 Å². The highest BCUT2D eigenvalue weighted by molar-refractivity contribution is 5.41. The van der Waals surface area contributed by atoms with Gasteiger partial charge in [0.1, 0.15) is 0 Å². The standard InChI is InChI=1S/C9H12N2O2/c1-3-13-5-4-8-6-11-9(12-2)7-10-8/h4-7H,3H2,1-2H3/b5-4+. The van der Waals surface area contributed by atoms with Gasteiger partial charge in [0.15, 0.2) is 0 Å². The van der Waals surface area contributed by atoms with Crippen molar-refractivity contribution in [2.24, 2.45) is 0 Å². The van der Waals surface area contributed by atoms with E-state index in [0.717, 1.165) is 5.69 Å². The van der Waals surface area contributed by atoms with Crippen LogP contribution >= 0.6 is 0 Å². The molecule has 4 heteroatoms. The number of rotatable bonds is 4. The SMILES string of the molecule is CCO/C=C/c1cnc(OC)cn1. The van der Waals surface area contributed by atoms with Crippen LogP contribution in [0.1, 0.15) is 12.6 Å². The van der Waals surface area contributed by atoms with E-state index in [1.165, 1.54) is 0 Å². The Morgan fingerprint density at radius 2 is 2.23 bits per heavy atom. The van der Waals surface area contributed by atoms with E-state index in [2.05, 4.69) is 9.97 Å². The van der Waals surface area contributed by atoms with Crippen LogP contribution in [0, 0.1) is 0 Å². The molecule has 0 spiro atoms. The lowest BCUT2D eigenvalue weighted by Gasteiger charge is -1.97. The molecular weight excluding hydrogens is 168 g/mol. The van der Waals surface area contributed by atoms with Gasteiger partial charge in [-0.2, -0.15) is 0 Å². The van der Waals surface area contributed by atoms with E-state index < -0.39 is 0 Å². The summed E-state index contributed by atoms with van der Waals surface area (Å²) in [5.41, 5.74) is 0.745. The second-order valence-corrected chi connectivity index (χ2v) is 2.24. The van der Waals surface area contributed by atoms with Gasteiger partial charge in [-0.15, -0.1) is 0 Å². The molecule has 0 bridgehead atoms. The number of ether oxygens (including phenoxy) is 2. The first kappa shape index (κ1) is 9.51. The molecule has 70 valence electrons. The van der Waals surface area contributed by atoms with E-state index in [0.29, 0.717) is 12.5 Å². The van der Waals surface area contributed by atoms with Gasteiger partial charge in [-0.1, -0.05) is 0 Å². The zero-order valence-electron chi connectivity index (χ0n) is 7.73. The first-order chi connectivity index (χ1) is 6.36. The molecule has 0 unspecified atom stereocenters. The molecule has 0 radical (unpaired) electrons. The molecule has 0 N–H and O–H groups in total. The molecule has 0 amide bonds. The molecule has 1 heterocycles. The van der Waals surface area contributed by atoms with Crippen LogP contribution in [-0.2, 0) is 4.74 Å². The first-order valence-corrected chi connectivity index (χ1v) is 4.01. The maximum Gasteiger partial charge on any atom is 0.232 e. The monoisotopic (exact) mass is 180 g/mol. The molecule has 0 atom stereocenters. The molecule has 0 aliphatic heterocycles. The van der Waals surface area contributed by atoms with Gasteiger partial charge in [0, 0.05) is 0 Å². The predicted octanol–water partition coefficient (Wildman–Crippen LogP) is 1.49. The first-order valence-electron chi connectivity index (χ1n) is 4.01. The third-order valence-corrected chi connectivity index (χ3v) is 1.36.